The highest BCUT2D eigenvalue weighted by Crippen LogP contribution is 2.34. The van der Waals surface area contributed by atoms with Crippen LogP contribution in [0, 0.1) is 5.92 Å². The fourth-order valence-electron chi connectivity index (χ4n) is 3.43. The van der Waals surface area contributed by atoms with Crippen molar-refractivity contribution in [1.82, 2.24) is 4.90 Å². The van der Waals surface area contributed by atoms with E-state index in [2.05, 4.69) is 25.0 Å². The Morgan fingerprint density at radius 3 is 2.65 bits per heavy atom. The first-order chi connectivity index (χ1) is 8.15. The van der Waals surface area contributed by atoms with Gasteiger partial charge in [0, 0.05) is 36.2 Å². The molecule has 4 atom stereocenters. The van der Waals surface area contributed by atoms with Gasteiger partial charge in [0.2, 0.25) is 0 Å². The first kappa shape index (κ1) is 13.4. The van der Waals surface area contributed by atoms with Crippen molar-refractivity contribution in [2.24, 2.45) is 5.92 Å². The number of rotatable bonds is 2. The molecule has 0 radical (unpaired) electrons. The average molecular weight is 255 g/mol. The number of hydrogen-bond donors (Lipinski definition) is 0. The quantitative estimate of drug-likeness (QED) is 0.756. The van der Waals surface area contributed by atoms with Crippen LogP contribution in [0.4, 0.5) is 0 Å². The molecule has 2 aliphatic rings. The summed E-state index contributed by atoms with van der Waals surface area (Å²) in [5, 5.41) is 0.784. The summed E-state index contributed by atoms with van der Waals surface area (Å²) < 4.78 is 0. The van der Waals surface area contributed by atoms with Gasteiger partial charge in [-0.3, -0.25) is 9.69 Å². The van der Waals surface area contributed by atoms with Crippen molar-refractivity contribution in [3.05, 3.63) is 0 Å². The zero-order chi connectivity index (χ0) is 12.4. The molecule has 1 aliphatic heterocycles. The third-order valence-corrected chi connectivity index (χ3v) is 5.92. The summed E-state index contributed by atoms with van der Waals surface area (Å²) >= 11 is 2.02. The van der Waals surface area contributed by atoms with E-state index in [0.29, 0.717) is 17.9 Å². The molecule has 0 amide bonds. The van der Waals surface area contributed by atoms with Crippen molar-refractivity contribution in [2.45, 2.75) is 63.3 Å². The van der Waals surface area contributed by atoms with Crippen LogP contribution in [0.15, 0.2) is 0 Å². The molecule has 0 N–H and O–H groups in total. The molecule has 0 aromatic carbocycles. The molecule has 3 heteroatoms. The van der Waals surface area contributed by atoms with Gasteiger partial charge < -0.3 is 0 Å². The van der Waals surface area contributed by atoms with Gasteiger partial charge in [0.25, 0.3) is 0 Å². The van der Waals surface area contributed by atoms with Crippen LogP contribution in [-0.4, -0.2) is 40.8 Å². The van der Waals surface area contributed by atoms with Gasteiger partial charge in [-0.05, 0) is 26.0 Å². The smallest absolute Gasteiger partial charge is 0.138 e. The normalized spacial score (nSPS) is 40.5. The summed E-state index contributed by atoms with van der Waals surface area (Å²) in [6, 6.07) is 1.15. The number of likely N-dealkylation sites (tertiary alicyclic amines) is 1. The minimum absolute atomic E-state index is 0.230. The Bertz CT molecular complexity index is 281. The molecule has 0 spiro atoms. The van der Waals surface area contributed by atoms with Crippen molar-refractivity contribution in [3.8, 4) is 0 Å². The zero-order valence-corrected chi connectivity index (χ0v) is 12.1. The highest BCUT2D eigenvalue weighted by molar-refractivity contribution is 7.99. The molecule has 2 nitrogen and oxygen atoms in total. The Hall–Kier alpha value is -0.0200. The maximum Gasteiger partial charge on any atom is 0.138 e. The van der Waals surface area contributed by atoms with Gasteiger partial charge in [-0.1, -0.05) is 19.8 Å². The molecule has 0 aromatic rings. The highest BCUT2D eigenvalue weighted by Gasteiger charge is 2.38. The van der Waals surface area contributed by atoms with E-state index in [9.17, 15) is 4.79 Å². The van der Waals surface area contributed by atoms with E-state index in [0.717, 1.165) is 18.2 Å². The second-order valence-corrected chi connectivity index (χ2v) is 6.69. The molecule has 1 saturated carbocycles. The number of thioether (sulfide) groups is 1. The molecule has 98 valence electrons. The lowest BCUT2D eigenvalue weighted by Crippen LogP contribution is -2.55. The summed E-state index contributed by atoms with van der Waals surface area (Å²) in [7, 11) is 0. The Balaban J connectivity index is 2.07. The minimum atomic E-state index is 0.230. The van der Waals surface area contributed by atoms with E-state index in [1.165, 1.54) is 25.7 Å². The molecule has 1 saturated heterocycles. The monoisotopic (exact) mass is 255 g/mol. The van der Waals surface area contributed by atoms with Crippen LogP contribution in [0.2, 0.25) is 0 Å². The first-order valence-corrected chi connectivity index (χ1v) is 8.25. The number of piperidine rings is 1. The minimum Gasteiger partial charge on any atom is -0.299 e. The number of ketones is 1. The van der Waals surface area contributed by atoms with Gasteiger partial charge in [0.1, 0.15) is 5.78 Å². The summed E-state index contributed by atoms with van der Waals surface area (Å²) in [4.78, 5) is 14.4. The van der Waals surface area contributed by atoms with Crippen LogP contribution in [0.3, 0.4) is 0 Å². The fourth-order valence-corrected chi connectivity index (χ4v) is 4.44. The van der Waals surface area contributed by atoms with Crippen LogP contribution >= 0.6 is 11.8 Å². The maximum atomic E-state index is 11.8. The third-order valence-electron chi connectivity index (χ3n) is 4.77. The zero-order valence-electron chi connectivity index (χ0n) is 11.3. The van der Waals surface area contributed by atoms with Crippen molar-refractivity contribution in [1.29, 1.82) is 0 Å². The second-order valence-electron chi connectivity index (χ2n) is 5.61. The van der Waals surface area contributed by atoms with E-state index in [4.69, 9.17) is 0 Å². The van der Waals surface area contributed by atoms with Crippen molar-refractivity contribution in [2.75, 3.05) is 12.8 Å². The van der Waals surface area contributed by atoms with E-state index >= 15 is 0 Å². The Morgan fingerprint density at radius 1 is 1.24 bits per heavy atom. The Kier molecular flexibility index (Phi) is 4.53. The number of hydrogen-bond acceptors (Lipinski definition) is 3. The molecule has 2 fully saturated rings. The number of nitrogens with zero attached hydrogens (tertiary/aromatic N) is 1. The van der Waals surface area contributed by atoms with Gasteiger partial charge >= 0.3 is 0 Å². The predicted molar refractivity (Wildman–Crippen MR) is 74.5 cm³/mol. The van der Waals surface area contributed by atoms with E-state index in [1.807, 2.05) is 11.8 Å². The summed E-state index contributed by atoms with van der Waals surface area (Å²) in [5.41, 5.74) is 0. The fraction of sp³-hybridized carbons (Fsp3) is 0.929. The molecule has 0 aromatic heterocycles. The summed E-state index contributed by atoms with van der Waals surface area (Å²) in [6.45, 7) is 5.34. The van der Waals surface area contributed by atoms with Gasteiger partial charge in [-0.2, -0.15) is 11.8 Å². The average Bonchev–Trinajstić information content (AvgIpc) is 2.36. The molecule has 2 rings (SSSR count). The summed E-state index contributed by atoms with van der Waals surface area (Å²) in [6.07, 6.45) is 8.45. The lowest BCUT2D eigenvalue weighted by atomic mass is 9.85. The first-order valence-electron chi connectivity index (χ1n) is 6.96. The summed E-state index contributed by atoms with van der Waals surface area (Å²) in [5.74, 6) is 0.693. The Labute approximate surface area is 110 Å². The van der Waals surface area contributed by atoms with Gasteiger partial charge in [-0.25, -0.2) is 0 Å². The maximum absolute atomic E-state index is 11.8. The molecule has 17 heavy (non-hydrogen) atoms. The Morgan fingerprint density at radius 2 is 1.94 bits per heavy atom. The number of carbonyl (C=O) groups is 1. The second kappa shape index (κ2) is 5.75. The van der Waals surface area contributed by atoms with Crippen LogP contribution in [0.25, 0.3) is 0 Å². The van der Waals surface area contributed by atoms with Crippen molar-refractivity contribution >= 4 is 17.5 Å². The number of carbonyl (C=O) groups excluding carboxylic acids is 1. The van der Waals surface area contributed by atoms with Gasteiger partial charge in [-0.15, -0.1) is 0 Å². The van der Waals surface area contributed by atoms with Gasteiger partial charge in [0.05, 0.1) is 0 Å². The van der Waals surface area contributed by atoms with Crippen molar-refractivity contribution in [3.63, 3.8) is 0 Å². The largest absolute Gasteiger partial charge is 0.299 e. The van der Waals surface area contributed by atoms with Crippen molar-refractivity contribution < 1.29 is 4.79 Å². The van der Waals surface area contributed by atoms with E-state index < -0.39 is 0 Å². The standard InChI is InChI=1S/C14H25NOS/c1-10-11(2)15(9-8-13(10)16)12-6-4-5-7-14(12)17-3/h10-12,14H,4-9H2,1-3H3. The SMILES string of the molecule is CSC1CCCCC1N1CCC(=O)C(C)C1C. The van der Waals surface area contributed by atoms with Crippen LogP contribution in [-0.2, 0) is 4.79 Å². The molecule has 1 heterocycles. The lowest BCUT2D eigenvalue weighted by molar-refractivity contribution is -0.129. The van der Waals surface area contributed by atoms with Crippen LogP contribution < -0.4 is 0 Å². The van der Waals surface area contributed by atoms with Crippen LogP contribution in [0.5, 0.6) is 0 Å². The molecular formula is C14H25NOS. The topological polar surface area (TPSA) is 20.3 Å². The molecule has 1 aliphatic carbocycles. The molecule has 0 bridgehead atoms. The predicted octanol–water partition coefficient (Wildman–Crippen LogP) is 2.96. The van der Waals surface area contributed by atoms with Gasteiger partial charge in [0.15, 0.2) is 0 Å². The number of Topliss-reactive ketones (excluding diaryl/α,β-unsaturated/α-hetero) is 1. The lowest BCUT2D eigenvalue weighted by Gasteiger charge is -2.46. The van der Waals surface area contributed by atoms with E-state index in [-0.39, 0.29) is 5.92 Å². The van der Waals surface area contributed by atoms with E-state index in [1.54, 1.807) is 0 Å². The van der Waals surface area contributed by atoms with Crippen LogP contribution in [0.1, 0.15) is 46.0 Å². The molecule has 4 unspecified atom stereocenters. The highest BCUT2D eigenvalue weighted by atomic mass is 32.2. The third kappa shape index (κ3) is 2.70. The molecular weight excluding hydrogens is 230 g/mol.